The van der Waals surface area contributed by atoms with Crippen LogP contribution in [-0.4, -0.2) is 36.0 Å². The number of piperidine rings is 1. The van der Waals surface area contributed by atoms with E-state index in [9.17, 15) is 9.59 Å². The number of hydrogen-bond acceptors (Lipinski definition) is 4. The minimum atomic E-state index is -0.375. The summed E-state index contributed by atoms with van der Waals surface area (Å²) in [6.45, 7) is 2.84. The molecule has 0 spiro atoms. The molecule has 110 valence electrons. The van der Waals surface area contributed by atoms with Crippen LogP contribution in [0.4, 0.5) is 0 Å². The Bertz CT molecular complexity index is 444. The molecule has 1 saturated heterocycles. The summed E-state index contributed by atoms with van der Waals surface area (Å²) in [6.07, 6.45) is 3.90. The number of nitrogens with zero attached hydrogens (tertiary/aromatic N) is 1. The third-order valence-electron chi connectivity index (χ3n) is 3.55. The zero-order valence-corrected chi connectivity index (χ0v) is 12.7. The molecule has 5 heteroatoms. The highest BCUT2D eigenvalue weighted by atomic mass is 32.1. The number of rotatable bonds is 5. The summed E-state index contributed by atoms with van der Waals surface area (Å²) >= 11 is 1.66. The molecule has 1 aliphatic heterocycles. The third-order valence-corrected chi connectivity index (χ3v) is 4.48. The molecular formula is C15H21NO3S. The van der Waals surface area contributed by atoms with Gasteiger partial charge in [-0.3, -0.25) is 4.79 Å². The second-order valence-electron chi connectivity index (χ2n) is 4.93. The van der Waals surface area contributed by atoms with Crippen LogP contribution >= 0.6 is 11.3 Å². The van der Waals surface area contributed by atoms with Gasteiger partial charge < -0.3 is 9.64 Å². The third kappa shape index (κ3) is 3.82. The SMILES string of the molecule is CCOC(=O)C1CCCCN1C(=O)CCc1cccs1. The molecule has 2 heterocycles. The number of carbonyl (C=O) groups excluding carboxylic acids is 2. The molecule has 1 aromatic heterocycles. The van der Waals surface area contributed by atoms with Gasteiger partial charge in [-0.1, -0.05) is 6.07 Å². The molecule has 0 radical (unpaired) electrons. The van der Waals surface area contributed by atoms with Crippen molar-refractivity contribution in [1.29, 1.82) is 0 Å². The Morgan fingerprint density at radius 3 is 3.00 bits per heavy atom. The molecule has 1 aromatic rings. The lowest BCUT2D eigenvalue weighted by atomic mass is 10.0. The van der Waals surface area contributed by atoms with Crippen LogP contribution in [0.1, 0.15) is 37.5 Å². The van der Waals surface area contributed by atoms with E-state index < -0.39 is 0 Å². The Morgan fingerprint density at radius 2 is 2.30 bits per heavy atom. The molecule has 0 saturated carbocycles. The Labute approximate surface area is 123 Å². The summed E-state index contributed by atoms with van der Waals surface area (Å²) in [5.41, 5.74) is 0. The minimum absolute atomic E-state index is 0.0659. The number of esters is 1. The van der Waals surface area contributed by atoms with Gasteiger partial charge in [0.1, 0.15) is 6.04 Å². The summed E-state index contributed by atoms with van der Waals surface area (Å²) in [5, 5.41) is 2.02. The summed E-state index contributed by atoms with van der Waals surface area (Å²) in [4.78, 5) is 27.2. The average Bonchev–Trinajstić information content (AvgIpc) is 2.98. The molecule has 1 fully saturated rings. The molecular weight excluding hydrogens is 274 g/mol. The first-order valence-corrected chi connectivity index (χ1v) is 8.09. The van der Waals surface area contributed by atoms with Crippen molar-refractivity contribution < 1.29 is 14.3 Å². The van der Waals surface area contributed by atoms with E-state index in [1.807, 2.05) is 17.5 Å². The molecule has 0 bridgehead atoms. The van der Waals surface area contributed by atoms with Crippen LogP contribution in [0.25, 0.3) is 0 Å². The number of hydrogen-bond donors (Lipinski definition) is 0. The first-order chi connectivity index (χ1) is 9.72. The van der Waals surface area contributed by atoms with Gasteiger partial charge in [-0.2, -0.15) is 0 Å². The highest BCUT2D eigenvalue weighted by molar-refractivity contribution is 7.09. The number of amides is 1. The number of carbonyl (C=O) groups is 2. The lowest BCUT2D eigenvalue weighted by Crippen LogP contribution is -2.48. The topological polar surface area (TPSA) is 46.6 Å². The van der Waals surface area contributed by atoms with E-state index in [0.717, 1.165) is 25.7 Å². The molecule has 0 aliphatic carbocycles. The lowest BCUT2D eigenvalue weighted by Gasteiger charge is -2.34. The van der Waals surface area contributed by atoms with E-state index in [0.29, 0.717) is 19.6 Å². The molecule has 0 N–H and O–H groups in total. The normalized spacial score (nSPS) is 18.9. The largest absolute Gasteiger partial charge is 0.464 e. The summed E-state index contributed by atoms with van der Waals surface area (Å²) in [7, 11) is 0. The highest BCUT2D eigenvalue weighted by Gasteiger charge is 2.32. The maximum atomic E-state index is 12.3. The molecule has 20 heavy (non-hydrogen) atoms. The van der Waals surface area contributed by atoms with Crippen molar-refractivity contribution in [3.8, 4) is 0 Å². The highest BCUT2D eigenvalue weighted by Crippen LogP contribution is 2.20. The fraction of sp³-hybridized carbons (Fsp3) is 0.600. The van der Waals surface area contributed by atoms with Crippen LogP contribution < -0.4 is 0 Å². The van der Waals surface area contributed by atoms with Crippen LogP contribution in [0, 0.1) is 0 Å². The fourth-order valence-corrected chi connectivity index (χ4v) is 3.25. The summed E-state index contributed by atoms with van der Waals surface area (Å²) < 4.78 is 5.08. The van der Waals surface area contributed by atoms with E-state index in [2.05, 4.69) is 0 Å². The quantitative estimate of drug-likeness (QED) is 0.785. The van der Waals surface area contributed by atoms with Crippen LogP contribution in [-0.2, 0) is 20.7 Å². The standard InChI is InChI=1S/C15H21NO3S/c1-2-19-15(18)13-7-3-4-10-16(13)14(17)9-8-12-6-5-11-20-12/h5-6,11,13H,2-4,7-10H2,1H3. The van der Waals surface area contributed by atoms with Crippen molar-refractivity contribution in [2.24, 2.45) is 0 Å². The molecule has 1 atom stereocenters. The minimum Gasteiger partial charge on any atom is -0.464 e. The Balaban J connectivity index is 1.92. The number of aryl methyl sites for hydroxylation is 1. The first kappa shape index (κ1) is 15.0. The Hall–Kier alpha value is -1.36. The summed E-state index contributed by atoms with van der Waals surface area (Å²) in [5.74, 6) is -0.187. The number of likely N-dealkylation sites (tertiary alicyclic amines) is 1. The van der Waals surface area contributed by atoms with E-state index in [4.69, 9.17) is 4.74 Å². The molecule has 4 nitrogen and oxygen atoms in total. The van der Waals surface area contributed by atoms with E-state index in [-0.39, 0.29) is 17.9 Å². The van der Waals surface area contributed by atoms with Crippen molar-refractivity contribution in [1.82, 2.24) is 4.90 Å². The second-order valence-corrected chi connectivity index (χ2v) is 5.96. The molecule has 1 unspecified atom stereocenters. The molecule has 1 amide bonds. The average molecular weight is 295 g/mol. The van der Waals surface area contributed by atoms with Crippen LogP contribution in [0.3, 0.4) is 0 Å². The molecule has 1 aliphatic rings. The van der Waals surface area contributed by atoms with Gasteiger partial charge in [0.25, 0.3) is 0 Å². The van der Waals surface area contributed by atoms with Gasteiger partial charge in [0.2, 0.25) is 5.91 Å². The zero-order chi connectivity index (χ0) is 14.4. The van der Waals surface area contributed by atoms with Gasteiger partial charge >= 0.3 is 5.97 Å². The predicted molar refractivity (Wildman–Crippen MR) is 78.6 cm³/mol. The fourth-order valence-electron chi connectivity index (χ4n) is 2.54. The van der Waals surface area contributed by atoms with Crippen molar-refractivity contribution >= 4 is 23.2 Å². The van der Waals surface area contributed by atoms with Gasteiger partial charge in [-0.25, -0.2) is 4.79 Å². The van der Waals surface area contributed by atoms with Gasteiger partial charge in [0, 0.05) is 17.8 Å². The van der Waals surface area contributed by atoms with Crippen LogP contribution in [0.5, 0.6) is 0 Å². The number of ether oxygens (including phenoxy) is 1. The molecule has 0 aromatic carbocycles. The van der Waals surface area contributed by atoms with Crippen LogP contribution in [0.2, 0.25) is 0 Å². The Morgan fingerprint density at radius 1 is 1.45 bits per heavy atom. The van der Waals surface area contributed by atoms with Gasteiger partial charge in [0.15, 0.2) is 0 Å². The van der Waals surface area contributed by atoms with Crippen molar-refractivity contribution in [3.63, 3.8) is 0 Å². The second kappa shape index (κ2) is 7.43. The van der Waals surface area contributed by atoms with E-state index in [1.54, 1.807) is 23.2 Å². The molecule has 2 rings (SSSR count). The van der Waals surface area contributed by atoms with E-state index in [1.165, 1.54) is 4.88 Å². The predicted octanol–water partition coefficient (Wildman–Crippen LogP) is 2.62. The van der Waals surface area contributed by atoms with Crippen molar-refractivity contribution in [2.75, 3.05) is 13.2 Å². The smallest absolute Gasteiger partial charge is 0.328 e. The van der Waals surface area contributed by atoms with Crippen LogP contribution in [0.15, 0.2) is 17.5 Å². The first-order valence-electron chi connectivity index (χ1n) is 7.21. The number of thiophene rings is 1. The van der Waals surface area contributed by atoms with Gasteiger partial charge in [-0.15, -0.1) is 11.3 Å². The maximum absolute atomic E-state index is 12.3. The zero-order valence-electron chi connectivity index (χ0n) is 11.8. The maximum Gasteiger partial charge on any atom is 0.328 e. The Kier molecular flexibility index (Phi) is 5.59. The lowest BCUT2D eigenvalue weighted by molar-refractivity contribution is -0.156. The van der Waals surface area contributed by atoms with Gasteiger partial charge in [-0.05, 0) is 44.1 Å². The van der Waals surface area contributed by atoms with E-state index >= 15 is 0 Å². The monoisotopic (exact) mass is 295 g/mol. The van der Waals surface area contributed by atoms with Crippen molar-refractivity contribution in [3.05, 3.63) is 22.4 Å². The summed E-state index contributed by atoms with van der Waals surface area (Å²) in [6, 6.07) is 3.66. The van der Waals surface area contributed by atoms with Gasteiger partial charge in [0.05, 0.1) is 6.61 Å². The van der Waals surface area contributed by atoms with Crippen molar-refractivity contribution in [2.45, 2.75) is 45.1 Å².